The van der Waals surface area contributed by atoms with Gasteiger partial charge in [0, 0.05) is 12.8 Å². The molecule has 10 heteroatoms. The lowest BCUT2D eigenvalue weighted by molar-refractivity contribution is -0.870. The van der Waals surface area contributed by atoms with Crippen LogP contribution in [-0.4, -0.2) is 69.4 Å². The van der Waals surface area contributed by atoms with Crippen LogP contribution in [0, 0.1) is 0 Å². The zero-order valence-electron chi connectivity index (χ0n) is 56.4. The van der Waals surface area contributed by atoms with E-state index in [4.69, 9.17) is 13.8 Å². The second kappa shape index (κ2) is 63.5. The molecule has 492 valence electrons. The highest BCUT2D eigenvalue weighted by atomic mass is 31.2. The maximum Gasteiger partial charge on any atom is 0.306 e. The highest BCUT2D eigenvalue weighted by Gasteiger charge is 2.27. The van der Waals surface area contributed by atoms with E-state index in [-0.39, 0.29) is 31.5 Å². The maximum atomic E-state index is 13.6. The Morgan fingerprint density at radius 1 is 0.410 bits per heavy atom. The molecule has 0 fully saturated rings. The first kappa shape index (κ1) is 81.5. The Labute approximate surface area is 517 Å². The third-order valence-corrected chi connectivity index (χ3v) is 17.8. The van der Waals surface area contributed by atoms with Crippen LogP contribution in [0.5, 0.6) is 0 Å². The number of likely N-dealkylation sites (N-methyl/N-ethyl adjacent to an activating group) is 1. The average molecular weight is 1190 g/mol. The Morgan fingerprint density at radius 3 is 1.02 bits per heavy atom. The van der Waals surface area contributed by atoms with Crippen LogP contribution in [-0.2, 0) is 27.9 Å². The summed E-state index contributed by atoms with van der Waals surface area (Å²) >= 11 is 0. The lowest BCUT2D eigenvalue weighted by atomic mass is 10.0. The summed E-state index contributed by atoms with van der Waals surface area (Å²) in [5.41, 5.74) is 0. The Bertz CT molecular complexity index is 1470. The minimum Gasteiger partial charge on any atom is -0.756 e. The fraction of sp³-hybridized carbons (Fsp3) is 0.918. The molecule has 0 saturated heterocycles. The Morgan fingerprint density at radius 2 is 0.699 bits per heavy atom. The van der Waals surface area contributed by atoms with Crippen molar-refractivity contribution in [2.24, 2.45) is 0 Å². The molecule has 3 unspecified atom stereocenters. The highest BCUT2D eigenvalue weighted by molar-refractivity contribution is 7.45. The van der Waals surface area contributed by atoms with Gasteiger partial charge in [0.1, 0.15) is 19.3 Å². The molecule has 0 aliphatic heterocycles. The minimum atomic E-state index is -4.70. The van der Waals surface area contributed by atoms with Crippen molar-refractivity contribution in [3.05, 3.63) is 24.3 Å². The minimum absolute atomic E-state index is 0.0181. The number of phosphoric ester groups is 1. The Kier molecular flexibility index (Phi) is 62.4. The number of allylic oxidation sites excluding steroid dienone is 3. The molecule has 83 heavy (non-hydrogen) atoms. The van der Waals surface area contributed by atoms with Crippen LogP contribution in [0.1, 0.15) is 380 Å². The number of rotatable bonds is 68. The lowest BCUT2D eigenvalue weighted by Crippen LogP contribution is -2.47. The predicted octanol–water partition coefficient (Wildman–Crippen LogP) is 22.6. The quantitative estimate of drug-likeness (QED) is 0.0212. The highest BCUT2D eigenvalue weighted by Crippen LogP contribution is 2.38. The first-order valence-electron chi connectivity index (χ1n) is 36.6. The molecule has 9 nitrogen and oxygen atoms in total. The van der Waals surface area contributed by atoms with Crippen molar-refractivity contribution in [2.45, 2.75) is 392 Å². The molecule has 0 heterocycles. The molecular formula is C73H143N2O7P. The van der Waals surface area contributed by atoms with Crippen LogP contribution in [0.25, 0.3) is 0 Å². The van der Waals surface area contributed by atoms with E-state index in [2.05, 4.69) is 38.2 Å². The number of nitrogens with one attached hydrogen (secondary N) is 1. The zero-order chi connectivity index (χ0) is 60.7. The van der Waals surface area contributed by atoms with Crippen molar-refractivity contribution in [3.8, 4) is 0 Å². The van der Waals surface area contributed by atoms with Crippen molar-refractivity contribution in [3.63, 3.8) is 0 Å². The van der Waals surface area contributed by atoms with Crippen LogP contribution >= 0.6 is 7.82 Å². The van der Waals surface area contributed by atoms with Gasteiger partial charge in [-0.15, -0.1) is 0 Å². The molecule has 0 aromatic carbocycles. The normalized spacial score (nSPS) is 13.6. The summed E-state index contributed by atoms with van der Waals surface area (Å²) in [5.74, 6) is -0.517. The number of ether oxygens (including phenoxy) is 1. The number of carbonyl (C=O) groups excluding carboxylic acids is 2. The van der Waals surface area contributed by atoms with Gasteiger partial charge in [-0.2, -0.15) is 0 Å². The van der Waals surface area contributed by atoms with Crippen LogP contribution in [0.2, 0.25) is 0 Å². The van der Waals surface area contributed by atoms with Crippen molar-refractivity contribution in [1.82, 2.24) is 5.32 Å². The summed E-state index contributed by atoms with van der Waals surface area (Å²) in [7, 11) is 1.21. The fourth-order valence-electron chi connectivity index (χ4n) is 11.2. The summed E-state index contributed by atoms with van der Waals surface area (Å²) in [6.45, 7) is 6.92. The van der Waals surface area contributed by atoms with Crippen molar-refractivity contribution >= 4 is 19.7 Å². The van der Waals surface area contributed by atoms with Gasteiger partial charge in [-0.1, -0.05) is 334 Å². The van der Waals surface area contributed by atoms with Gasteiger partial charge in [-0.05, 0) is 57.4 Å². The van der Waals surface area contributed by atoms with E-state index in [1.165, 1.54) is 289 Å². The third-order valence-electron chi connectivity index (χ3n) is 16.9. The van der Waals surface area contributed by atoms with E-state index in [1.54, 1.807) is 0 Å². The SMILES string of the molecule is CCCCCCCC/C=C/CCCCCCCCCCCCCC(=O)OC(/C=C/CCCCCCCCCCCCC)C(COP(=O)([O-])OCC[N+](C)(C)C)NC(=O)CCCCCCCCCCCCCCCCCCCCCCCCC. The smallest absolute Gasteiger partial charge is 0.306 e. The number of carbonyl (C=O) groups is 2. The summed E-state index contributed by atoms with van der Waals surface area (Å²) in [6.07, 6.45) is 77.3. The molecule has 1 amide bonds. The first-order valence-corrected chi connectivity index (χ1v) is 38.1. The molecule has 0 rings (SSSR count). The molecule has 0 saturated carbocycles. The summed E-state index contributed by atoms with van der Waals surface area (Å²) < 4.78 is 30.5. The zero-order valence-corrected chi connectivity index (χ0v) is 57.3. The topological polar surface area (TPSA) is 114 Å². The van der Waals surface area contributed by atoms with Gasteiger partial charge in [0.15, 0.2) is 0 Å². The average Bonchev–Trinajstić information content (AvgIpc) is 3.47. The monoisotopic (exact) mass is 1190 g/mol. The van der Waals surface area contributed by atoms with E-state index in [1.807, 2.05) is 33.3 Å². The number of hydrogen-bond acceptors (Lipinski definition) is 7. The molecule has 0 spiro atoms. The van der Waals surface area contributed by atoms with E-state index >= 15 is 0 Å². The fourth-order valence-corrected chi connectivity index (χ4v) is 12.0. The molecule has 0 aromatic heterocycles. The molecule has 0 radical (unpaired) electrons. The van der Waals surface area contributed by atoms with E-state index < -0.39 is 20.0 Å². The van der Waals surface area contributed by atoms with Crippen LogP contribution in [0.4, 0.5) is 0 Å². The van der Waals surface area contributed by atoms with Gasteiger partial charge in [0.05, 0.1) is 33.8 Å². The van der Waals surface area contributed by atoms with E-state index in [9.17, 15) is 19.0 Å². The summed E-state index contributed by atoms with van der Waals surface area (Å²) in [5, 5.41) is 3.06. The predicted molar refractivity (Wildman–Crippen MR) is 358 cm³/mol. The summed E-state index contributed by atoms with van der Waals surface area (Å²) in [4.78, 5) is 40.2. The van der Waals surface area contributed by atoms with Crippen LogP contribution < -0.4 is 10.2 Å². The largest absolute Gasteiger partial charge is 0.756 e. The molecule has 0 aromatic rings. The van der Waals surface area contributed by atoms with Crippen LogP contribution in [0.3, 0.4) is 0 Å². The number of phosphoric acid groups is 1. The third kappa shape index (κ3) is 64.8. The maximum absolute atomic E-state index is 13.6. The van der Waals surface area contributed by atoms with Crippen molar-refractivity contribution < 1.29 is 37.3 Å². The Balaban J connectivity index is 5.05. The van der Waals surface area contributed by atoms with Gasteiger partial charge in [0.25, 0.3) is 7.82 Å². The van der Waals surface area contributed by atoms with Gasteiger partial charge < -0.3 is 28.5 Å². The molecule has 1 N–H and O–H groups in total. The van der Waals surface area contributed by atoms with Crippen molar-refractivity contribution in [1.29, 1.82) is 0 Å². The number of hydrogen-bond donors (Lipinski definition) is 1. The number of unbranched alkanes of at least 4 members (excludes halogenated alkanes) is 50. The number of esters is 1. The van der Waals surface area contributed by atoms with Gasteiger partial charge in [-0.25, -0.2) is 0 Å². The molecule has 0 bridgehead atoms. The molecule has 0 aliphatic rings. The molecular weight excluding hydrogens is 1050 g/mol. The van der Waals surface area contributed by atoms with Crippen LogP contribution in [0.15, 0.2) is 24.3 Å². The first-order chi connectivity index (χ1) is 40.4. The van der Waals surface area contributed by atoms with Gasteiger partial charge in [0.2, 0.25) is 5.91 Å². The van der Waals surface area contributed by atoms with Gasteiger partial charge >= 0.3 is 5.97 Å². The number of nitrogens with zero attached hydrogens (tertiary/aromatic N) is 1. The number of quaternary nitrogens is 1. The lowest BCUT2D eigenvalue weighted by Gasteiger charge is -2.30. The standard InChI is InChI=1S/C73H143N2O7P/c1-7-10-13-16-19-22-25-28-30-32-34-36-37-39-40-42-44-47-50-53-56-59-62-65-72(76)74-70(69-81-83(78,79)80-68-67-75(4,5)6)71(64-61-58-55-52-49-46-27-24-21-18-15-12-9-3)82-73(77)66-63-60-57-54-51-48-45-43-41-38-35-33-31-29-26-23-20-17-14-11-8-2/h29,31,61,64,70-71H,7-28,30,32-60,62-63,65-69H2,1-6H3,(H-,74,76,78,79)/b31-29+,64-61+. The van der Waals surface area contributed by atoms with Crippen molar-refractivity contribution in [2.75, 3.05) is 40.9 Å². The van der Waals surface area contributed by atoms with E-state index in [0.717, 1.165) is 57.8 Å². The summed E-state index contributed by atoms with van der Waals surface area (Å²) in [6, 6.07) is -0.884. The second-order valence-corrected chi connectivity index (χ2v) is 27.9. The molecule has 0 aliphatic carbocycles. The second-order valence-electron chi connectivity index (χ2n) is 26.5. The van der Waals surface area contributed by atoms with Gasteiger partial charge in [-0.3, -0.25) is 14.2 Å². The Hall–Kier alpha value is -1.51. The number of amides is 1. The van der Waals surface area contributed by atoms with E-state index in [0.29, 0.717) is 17.4 Å². The molecule has 3 atom stereocenters.